The van der Waals surface area contributed by atoms with E-state index in [9.17, 15) is 13.2 Å². The van der Waals surface area contributed by atoms with Crippen molar-refractivity contribution in [2.45, 2.75) is 17.7 Å². The molecule has 0 atom stereocenters. The summed E-state index contributed by atoms with van der Waals surface area (Å²) in [6.45, 7) is 1.19. The summed E-state index contributed by atoms with van der Waals surface area (Å²) in [5.74, 6) is -0.165. The molecule has 0 bridgehead atoms. The largest absolute Gasteiger partial charge is 0.341 e. The number of carbonyl (C=O) groups excluding carboxylic acids is 1. The third-order valence-corrected chi connectivity index (χ3v) is 6.76. The Hall–Kier alpha value is -2.05. The Labute approximate surface area is 151 Å². The number of carbonyl (C=O) groups is 1. The molecular formula is C18H17ClN2O3S. The molecule has 1 amide bonds. The maximum absolute atomic E-state index is 13.1. The second-order valence-corrected chi connectivity index (χ2v) is 8.52. The van der Waals surface area contributed by atoms with E-state index in [-0.39, 0.29) is 17.3 Å². The minimum Gasteiger partial charge on any atom is -0.341 e. The summed E-state index contributed by atoms with van der Waals surface area (Å²) in [5.41, 5.74) is 1.84. The molecule has 25 heavy (non-hydrogen) atoms. The van der Waals surface area contributed by atoms with E-state index in [0.717, 1.165) is 18.4 Å². The molecule has 0 saturated carbocycles. The van der Waals surface area contributed by atoms with Gasteiger partial charge in [0.2, 0.25) is 5.91 Å². The van der Waals surface area contributed by atoms with E-state index in [4.69, 9.17) is 11.6 Å². The van der Waals surface area contributed by atoms with Crippen molar-refractivity contribution in [1.29, 1.82) is 0 Å². The van der Waals surface area contributed by atoms with Crippen LogP contribution in [-0.2, 0) is 14.8 Å². The highest BCUT2D eigenvalue weighted by atomic mass is 35.5. The molecule has 4 rings (SSSR count). The van der Waals surface area contributed by atoms with E-state index in [1.807, 2.05) is 0 Å². The number of fused-ring (bicyclic) bond motifs is 3. The highest BCUT2D eigenvalue weighted by Crippen LogP contribution is 2.43. The van der Waals surface area contributed by atoms with Crippen molar-refractivity contribution in [1.82, 2.24) is 4.90 Å². The average Bonchev–Trinajstić information content (AvgIpc) is 3.13. The molecule has 0 radical (unpaired) electrons. The molecule has 130 valence electrons. The number of benzene rings is 2. The molecule has 2 heterocycles. The number of sulfonamides is 1. The first kappa shape index (κ1) is 16.4. The highest BCUT2D eigenvalue weighted by Gasteiger charge is 2.36. The molecule has 2 aromatic carbocycles. The monoisotopic (exact) mass is 376 g/mol. The highest BCUT2D eigenvalue weighted by molar-refractivity contribution is 7.93. The van der Waals surface area contributed by atoms with Gasteiger partial charge in [-0.05, 0) is 37.1 Å². The van der Waals surface area contributed by atoms with Crippen LogP contribution in [0.15, 0.2) is 47.4 Å². The molecule has 2 aromatic rings. The van der Waals surface area contributed by atoms with Gasteiger partial charge in [0.25, 0.3) is 10.0 Å². The van der Waals surface area contributed by atoms with E-state index in [0.29, 0.717) is 29.4 Å². The Kier molecular flexibility index (Phi) is 3.96. The van der Waals surface area contributed by atoms with Crippen LogP contribution in [0.2, 0.25) is 5.02 Å². The summed E-state index contributed by atoms with van der Waals surface area (Å²) >= 11 is 6.13. The first-order chi connectivity index (χ1) is 12.0. The van der Waals surface area contributed by atoms with Gasteiger partial charge in [0, 0.05) is 29.2 Å². The van der Waals surface area contributed by atoms with Crippen LogP contribution in [0.25, 0.3) is 11.1 Å². The number of likely N-dealkylation sites (tertiary alicyclic amines) is 1. The molecule has 1 fully saturated rings. The molecule has 0 spiro atoms. The normalized spacial score (nSPS) is 18.0. The Morgan fingerprint density at radius 1 is 1.04 bits per heavy atom. The van der Waals surface area contributed by atoms with Crippen LogP contribution in [0.4, 0.5) is 5.69 Å². The number of nitrogens with zero attached hydrogens (tertiary/aromatic N) is 2. The van der Waals surface area contributed by atoms with Gasteiger partial charge in [-0.3, -0.25) is 9.10 Å². The fourth-order valence-electron chi connectivity index (χ4n) is 3.46. The number of amides is 1. The second kappa shape index (κ2) is 6.04. The van der Waals surface area contributed by atoms with E-state index in [2.05, 4.69) is 0 Å². The molecule has 1 saturated heterocycles. The minimum atomic E-state index is -3.79. The quantitative estimate of drug-likeness (QED) is 0.809. The van der Waals surface area contributed by atoms with Gasteiger partial charge in [0.15, 0.2) is 0 Å². The van der Waals surface area contributed by atoms with Crippen molar-refractivity contribution >= 4 is 33.2 Å². The van der Waals surface area contributed by atoms with E-state index in [1.165, 1.54) is 4.31 Å². The SMILES string of the molecule is O=C(CN1c2ccc(Cl)cc2-c2ccccc2S1(=O)=O)N1CCCC1. The number of anilines is 1. The van der Waals surface area contributed by atoms with Crippen molar-refractivity contribution < 1.29 is 13.2 Å². The van der Waals surface area contributed by atoms with Crippen molar-refractivity contribution in [3.05, 3.63) is 47.5 Å². The Balaban J connectivity index is 1.83. The minimum absolute atomic E-state index is 0.165. The maximum Gasteiger partial charge on any atom is 0.265 e. The van der Waals surface area contributed by atoms with Crippen LogP contribution >= 0.6 is 11.6 Å². The van der Waals surface area contributed by atoms with Gasteiger partial charge < -0.3 is 4.90 Å². The lowest BCUT2D eigenvalue weighted by molar-refractivity contribution is -0.128. The third kappa shape index (κ3) is 2.69. The van der Waals surface area contributed by atoms with Gasteiger partial charge in [0.05, 0.1) is 10.6 Å². The number of rotatable bonds is 2. The van der Waals surface area contributed by atoms with Gasteiger partial charge in [0.1, 0.15) is 6.54 Å². The predicted molar refractivity (Wildman–Crippen MR) is 97.2 cm³/mol. The van der Waals surface area contributed by atoms with Gasteiger partial charge in [-0.25, -0.2) is 8.42 Å². The topological polar surface area (TPSA) is 57.7 Å². The van der Waals surface area contributed by atoms with Crippen LogP contribution in [0.1, 0.15) is 12.8 Å². The fourth-order valence-corrected chi connectivity index (χ4v) is 5.28. The van der Waals surface area contributed by atoms with Crippen molar-refractivity contribution in [2.75, 3.05) is 23.9 Å². The molecule has 0 unspecified atom stereocenters. The first-order valence-corrected chi connectivity index (χ1v) is 10.00. The molecule has 7 heteroatoms. The zero-order valence-corrected chi connectivity index (χ0v) is 15.1. The van der Waals surface area contributed by atoms with Gasteiger partial charge in [-0.15, -0.1) is 0 Å². The van der Waals surface area contributed by atoms with Crippen molar-refractivity contribution in [3.63, 3.8) is 0 Å². The van der Waals surface area contributed by atoms with Crippen LogP contribution in [0, 0.1) is 0 Å². The third-order valence-electron chi connectivity index (χ3n) is 4.71. The smallest absolute Gasteiger partial charge is 0.265 e. The van der Waals surface area contributed by atoms with Gasteiger partial charge >= 0.3 is 0 Å². The number of hydrogen-bond donors (Lipinski definition) is 0. The summed E-state index contributed by atoms with van der Waals surface area (Å²) in [6, 6.07) is 11.9. The van der Waals surface area contributed by atoms with E-state index >= 15 is 0 Å². The average molecular weight is 377 g/mol. The Morgan fingerprint density at radius 2 is 1.76 bits per heavy atom. The molecule has 0 N–H and O–H groups in total. The number of halogens is 1. The van der Waals surface area contributed by atoms with Gasteiger partial charge in [-0.2, -0.15) is 0 Å². The predicted octanol–water partition coefficient (Wildman–Crippen LogP) is 3.14. The summed E-state index contributed by atoms with van der Waals surface area (Å²) < 4.78 is 27.5. The zero-order valence-electron chi connectivity index (χ0n) is 13.5. The Morgan fingerprint density at radius 3 is 2.52 bits per heavy atom. The van der Waals surface area contributed by atoms with E-state index in [1.54, 1.807) is 47.4 Å². The van der Waals surface area contributed by atoms with Crippen LogP contribution in [0.3, 0.4) is 0 Å². The molecule has 0 aromatic heterocycles. The van der Waals surface area contributed by atoms with Crippen LogP contribution in [-0.4, -0.2) is 38.9 Å². The van der Waals surface area contributed by atoms with Gasteiger partial charge in [-0.1, -0.05) is 29.8 Å². The van der Waals surface area contributed by atoms with Crippen molar-refractivity contribution in [2.24, 2.45) is 0 Å². The second-order valence-electron chi connectivity index (χ2n) is 6.26. The molecule has 5 nitrogen and oxygen atoms in total. The molecule has 2 aliphatic heterocycles. The Bertz CT molecular complexity index is 953. The van der Waals surface area contributed by atoms with Crippen molar-refractivity contribution in [3.8, 4) is 11.1 Å². The van der Waals surface area contributed by atoms with E-state index < -0.39 is 10.0 Å². The molecule has 0 aliphatic carbocycles. The number of hydrogen-bond acceptors (Lipinski definition) is 3. The lowest BCUT2D eigenvalue weighted by atomic mass is 10.0. The summed E-state index contributed by atoms with van der Waals surface area (Å²) in [7, 11) is -3.79. The summed E-state index contributed by atoms with van der Waals surface area (Å²) in [4.78, 5) is 14.5. The maximum atomic E-state index is 13.1. The van der Waals surface area contributed by atoms with Crippen LogP contribution < -0.4 is 4.31 Å². The lowest BCUT2D eigenvalue weighted by Crippen LogP contribution is -2.43. The summed E-state index contributed by atoms with van der Waals surface area (Å²) in [5, 5.41) is 0.527. The molecular weight excluding hydrogens is 360 g/mol. The van der Waals surface area contributed by atoms with Crippen LogP contribution in [0.5, 0.6) is 0 Å². The summed E-state index contributed by atoms with van der Waals surface area (Å²) in [6.07, 6.45) is 1.93. The zero-order chi connectivity index (χ0) is 17.6. The molecule has 2 aliphatic rings. The lowest BCUT2D eigenvalue weighted by Gasteiger charge is -2.32. The first-order valence-electron chi connectivity index (χ1n) is 8.18. The fraction of sp³-hybridized carbons (Fsp3) is 0.278. The standard InChI is InChI=1S/C18H17ClN2O3S/c19-13-7-8-16-15(11-13)14-5-1-2-6-17(14)25(23,24)21(16)12-18(22)20-9-3-4-10-20/h1-2,5-8,11H,3-4,9-10,12H2.